The minimum absolute atomic E-state index is 0.427. The lowest BCUT2D eigenvalue weighted by molar-refractivity contribution is 0.136. The van der Waals surface area contributed by atoms with Gasteiger partial charge >= 0.3 is 0 Å². The predicted octanol–water partition coefficient (Wildman–Crippen LogP) is 2.96. The number of benzene rings is 1. The lowest BCUT2D eigenvalue weighted by atomic mass is 9.58. The molecule has 1 aromatic carbocycles. The van der Waals surface area contributed by atoms with Gasteiger partial charge in [0.1, 0.15) is 0 Å². The third kappa shape index (κ3) is 1.93. The van der Waals surface area contributed by atoms with Crippen molar-refractivity contribution in [2.24, 2.45) is 5.92 Å². The van der Waals surface area contributed by atoms with E-state index in [1.807, 2.05) is 0 Å². The van der Waals surface area contributed by atoms with Crippen LogP contribution in [0, 0.1) is 5.92 Å². The minimum Gasteiger partial charge on any atom is -0.319 e. The summed E-state index contributed by atoms with van der Waals surface area (Å²) in [6.45, 7) is 3.42. The van der Waals surface area contributed by atoms with E-state index in [-0.39, 0.29) is 0 Å². The van der Waals surface area contributed by atoms with E-state index in [1.165, 1.54) is 24.8 Å². The van der Waals surface area contributed by atoms with Gasteiger partial charge in [-0.1, -0.05) is 43.7 Å². The van der Waals surface area contributed by atoms with Crippen LogP contribution in [0.15, 0.2) is 30.3 Å². The van der Waals surface area contributed by atoms with Crippen molar-refractivity contribution in [1.82, 2.24) is 5.32 Å². The van der Waals surface area contributed by atoms with E-state index in [9.17, 15) is 0 Å². The zero-order chi connectivity index (χ0) is 10.7. The van der Waals surface area contributed by atoms with Crippen LogP contribution in [0.25, 0.3) is 0 Å². The van der Waals surface area contributed by atoms with Gasteiger partial charge in [-0.15, -0.1) is 0 Å². The zero-order valence-electron chi connectivity index (χ0n) is 9.79. The first kappa shape index (κ1) is 10.7. The van der Waals surface area contributed by atoms with Crippen LogP contribution < -0.4 is 5.32 Å². The molecule has 1 N–H and O–H groups in total. The topological polar surface area (TPSA) is 12.0 Å². The molecule has 1 aliphatic carbocycles. The van der Waals surface area contributed by atoms with Crippen molar-refractivity contribution in [3.05, 3.63) is 35.9 Å². The molecule has 1 aliphatic rings. The van der Waals surface area contributed by atoms with Gasteiger partial charge in [-0.25, -0.2) is 0 Å². The molecule has 82 valence electrons. The van der Waals surface area contributed by atoms with E-state index in [4.69, 9.17) is 0 Å². The largest absolute Gasteiger partial charge is 0.319 e. The molecule has 2 rings (SSSR count). The van der Waals surface area contributed by atoms with Crippen molar-refractivity contribution in [2.45, 2.75) is 31.6 Å². The molecule has 1 saturated carbocycles. The molecule has 1 aromatic rings. The maximum absolute atomic E-state index is 3.35. The Labute approximate surface area is 92.9 Å². The summed E-state index contributed by atoms with van der Waals surface area (Å²) in [6.07, 6.45) is 4.04. The number of nitrogens with one attached hydrogen (secondary N) is 1. The lowest BCUT2D eigenvalue weighted by Gasteiger charge is -2.48. The van der Waals surface area contributed by atoms with Crippen molar-refractivity contribution in [3.8, 4) is 0 Å². The average molecular weight is 203 g/mol. The van der Waals surface area contributed by atoms with Gasteiger partial charge in [-0.3, -0.25) is 0 Å². The van der Waals surface area contributed by atoms with E-state index < -0.39 is 0 Å². The first-order valence-corrected chi connectivity index (χ1v) is 6.01. The first-order chi connectivity index (χ1) is 7.30. The van der Waals surface area contributed by atoms with Crippen LogP contribution in [-0.4, -0.2) is 13.6 Å². The third-order valence-electron chi connectivity index (χ3n) is 3.84. The summed E-state index contributed by atoms with van der Waals surface area (Å²) in [5, 5.41) is 3.35. The lowest BCUT2D eigenvalue weighted by Crippen LogP contribution is -2.47. The quantitative estimate of drug-likeness (QED) is 0.793. The summed E-state index contributed by atoms with van der Waals surface area (Å²) in [7, 11) is 2.06. The molecule has 0 bridgehead atoms. The first-order valence-electron chi connectivity index (χ1n) is 6.01. The summed E-state index contributed by atoms with van der Waals surface area (Å²) in [6, 6.07) is 11.0. The normalized spacial score (nSPS) is 29.9. The molecular weight excluding hydrogens is 182 g/mol. The van der Waals surface area contributed by atoms with Crippen LogP contribution in [0.1, 0.15) is 31.7 Å². The van der Waals surface area contributed by atoms with Crippen molar-refractivity contribution in [2.75, 3.05) is 13.6 Å². The van der Waals surface area contributed by atoms with E-state index in [1.54, 1.807) is 0 Å². The number of hydrogen-bond donors (Lipinski definition) is 1. The molecule has 0 atom stereocenters. The molecule has 1 fully saturated rings. The molecule has 0 aromatic heterocycles. The Kier molecular flexibility index (Phi) is 3.11. The monoisotopic (exact) mass is 203 g/mol. The summed E-state index contributed by atoms with van der Waals surface area (Å²) >= 11 is 0. The summed E-state index contributed by atoms with van der Waals surface area (Å²) in [5.41, 5.74) is 1.94. The Morgan fingerprint density at radius 3 is 2.47 bits per heavy atom. The van der Waals surface area contributed by atoms with Crippen LogP contribution in [0.5, 0.6) is 0 Å². The maximum atomic E-state index is 3.35. The Morgan fingerprint density at radius 1 is 1.27 bits per heavy atom. The van der Waals surface area contributed by atoms with E-state index >= 15 is 0 Å². The highest BCUT2D eigenvalue weighted by molar-refractivity contribution is 5.29. The van der Waals surface area contributed by atoms with Gasteiger partial charge < -0.3 is 5.32 Å². The fourth-order valence-electron chi connectivity index (χ4n) is 2.95. The molecule has 0 heterocycles. The van der Waals surface area contributed by atoms with Gasteiger partial charge in [-0.2, -0.15) is 0 Å². The third-order valence-corrected chi connectivity index (χ3v) is 3.84. The van der Waals surface area contributed by atoms with Crippen LogP contribution in [0.4, 0.5) is 0 Å². The number of likely N-dealkylation sites (N-methyl/N-ethyl adjacent to an activating group) is 1. The molecule has 0 radical (unpaired) electrons. The SMILES string of the molecule is CCC1CC(CNC)(c2ccccc2)C1. The Morgan fingerprint density at radius 2 is 1.93 bits per heavy atom. The van der Waals surface area contributed by atoms with Gasteiger partial charge in [0.05, 0.1) is 0 Å². The molecule has 0 amide bonds. The molecular formula is C14H21N. The van der Waals surface area contributed by atoms with Gasteiger partial charge in [0, 0.05) is 12.0 Å². The Balaban J connectivity index is 2.15. The van der Waals surface area contributed by atoms with Crippen molar-refractivity contribution in [3.63, 3.8) is 0 Å². The fourth-order valence-corrected chi connectivity index (χ4v) is 2.95. The molecule has 0 spiro atoms. The molecule has 15 heavy (non-hydrogen) atoms. The number of hydrogen-bond acceptors (Lipinski definition) is 1. The van der Waals surface area contributed by atoms with Crippen LogP contribution in [0.3, 0.4) is 0 Å². The van der Waals surface area contributed by atoms with Gasteiger partial charge in [0.15, 0.2) is 0 Å². The Hall–Kier alpha value is -0.820. The second kappa shape index (κ2) is 4.36. The summed E-state index contributed by atoms with van der Waals surface area (Å²) in [5.74, 6) is 0.943. The molecule has 0 unspecified atom stereocenters. The molecule has 0 saturated heterocycles. The summed E-state index contributed by atoms with van der Waals surface area (Å²) in [4.78, 5) is 0. The molecule has 0 aliphatic heterocycles. The van der Waals surface area contributed by atoms with Gasteiger partial charge in [0.25, 0.3) is 0 Å². The Bertz CT molecular complexity index is 298. The minimum atomic E-state index is 0.427. The predicted molar refractivity (Wildman–Crippen MR) is 65.1 cm³/mol. The van der Waals surface area contributed by atoms with E-state index in [0.29, 0.717) is 5.41 Å². The highest BCUT2D eigenvalue weighted by Gasteiger charge is 2.43. The fraction of sp³-hybridized carbons (Fsp3) is 0.571. The van der Waals surface area contributed by atoms with Crippen LogP contribution in [-0.2, 0) is 5.41 Å². The van der Waals surface area contributed by atoms with Crippen LogP contribution in [0.2, 0.25) is 0 Å². The molecule has 1 heteroatoms. The van der Waals surface area contributed by atoms with E-state index in [0.717, 1.165) is 12.5 Å². The van der Waals surface area contributed by atoms with Crippen LogP contribution >= 0.6 is 0 Å². The van der Waals surface area contributed by atoms with Gasteiger partial charge in [0.2, 0.25) is 0 Å². The second-order valence-corrected chi connectivity index (χ2v) is 4.86. The van der Waals surface area contributed by atoms with Crippen molar-refractivity contribution >= 4 is 0 Å². The molecule has 1 nitrogen and oxygen atoms in total. The van der Waals surface area contributed by atoms with E-state index in [2.05, 4.69) is 49.6 Å². The smallest absolute Gasteiger partial charge is 0.00829 e. The van der Waals surface area contributed by atoms with Crippen molar-refractivity contribution < 1.29 is 0 Å². The zero-order valence-corrected chi connectivity index (χ0v) is 9.79. The second-order valence-electron chi connectivity index (χ2n) is 4.86. The average Bonchev–Trinajstić information content (AvgIpc) is 2.24. The highest BCUT2D eigenvalue weighted by atomic mass is 14.8. The van der Waals surface area contributed by atoms with Crippen molar-refractivity contribution in [1.29, 1.82) is 0 Å². The maximum Gasteiger partial charge on any atom is 0.00829 e. The highest BCUT2D eigenvalue weighted by Crippen LogP contribution is 2.48. The summed E-state index contributed by atoms with van der Waals surface area (Å²) < 4.78 is 0. The standard InChI is InChI=1S/C14H21N/c1-3-12-9-14(10-12,11-15-2)13-7-5-4-6-8-13/h4-8,12,15H,3,9-11H2,1-2H3. The van der Waals surface area contributed by atoms with Gasteiger partial charge in [-0.05, 0) is 31.4 Å². The number of rotatable bonds is 4.